The minimum atomic E-state index is -0.282. The number of anilines is 1. The molecular weight excluding hydrogens is 228 g/mol. The van der Waals surface area contributed by atoms with Gasteiger partial charge in [0, 0.05) is 10.7 Å². The summed E-state index contributed by atoms with van der Waals surface area (Å²) in [5.74, 6) is -0.564. The van der Waals surface area contributed by atoms with Crippen LogP contribution in [0.1, 0.15) is 5.56 Å². The van der Waals surface area contributed by atoms with Crippen LogP contribution in [0.2, 0.25) is 5.02 Å². The highest BCUT2D eigenvalue weighted by Gasteiger charge is 2.23. The monoisotopic (exact) mass is 238 g/mol. The molecular formula is C11H11ClN2O2. The van der Waals surface area contributed by atoms with Gasteiger partial charge in [-0.1, -0.05) is 17.7 Å². The third kappa shape index (κ3) is 2.02. The zero-order valence-corrected chi connectivity index (χ0v) is 9.54. The lowest BCUT2D eigenvalue weighted by molar-refractivity contribution is -0.130. The number of carbonyl (C=O) groups excluding carboxylic acids is 2. The molecule has 0 radical (unpaired) electrons. The number of hydrogen-bond donors (Lipinski definition) is 1. The minimum Gasteiger partial charge on any atom is -0.353 e. The maximum absolute atomic E-state index is 11.2. The van der Waals surface area contributed by atoms with Gasteiger partial charge >= 0.3 is 0 Å². The van der Waals surface area contributed by atoms with Gasteiger partial charge in [-0.2, -0.15) is 0 Å². The first-order valence-electron chi connectivity index (χ1n) is 4.90. The molecule has 4 nitrogen and oxygen atoms in total. The Morgan fingerprint density at radius 3 is 2.50 bits per heavy atom. The van der Waals surface area contributed by atoms with Gasteiger partial charge in [0.2, 0.25) is 11.8 Å². The van der Waals surface area contributed by atoms with Crippen molar-refractivity contribution in [2.24, 2.45) is 0 Å². The molecule has 1 fully saturated rings. The molecule has 2 rings (SSSR count). The summed E-state index contributed by atoms with van der Waals surface area (Å²) in [4.78, 5) is 24.2. The highest BCUT2D eigenvalue weighted by molar-refractivity contribution is 6.31. The van der Waals surface area contributed by atoms with Crippen LogP contribution in [0.25, 0.3) is 0 Å². The van der Waals surface area contributed by atoms with Crippen LogP contribution in [0.3, 0.4) is 0 Å². The predicted molar refractivity (Wildman–Crippen MR) is 61.6 cm³/mol. The fourth-order valence-corrected chi connectivity index (χ4v) is 1.92. The van der Waals surface area contributed by atoms with E-state index in [1.165, 1.54) is 0 Å². The minimum absolute atomic E-state index is 0.187. The molecule has 1 aliphatic heterocycles. The maximum atomic E-state index is 11.2. The number of halogens is 1. The molecule has 0 saturated carbocycles. The summed E-state index contributed by atoms with van der Waals surface area (Å²) < 4.78 is 0. The summed E-state index contributed by atoms with van der Waals surface area (Å²) in [5.41, 5.74) is 1.71. The van der Waals surface area contributed by atoms with Crippen molar-refractivity contribution in [3.63, 3.8) is 0 Å². The molecule has 5 heteroatoms. The quantitative estimate of drug-likeness (QED) is 0.746. The number of amides is 2. The fourth-order valence-electron chi connectivity index (χ4n) is 1.75. The van der Waals surface area contributed by atoms with Gasteiger partial charge in [0.25, 0.3) is 0 Å². The molecule has 2 amide bonds. The van der Waals surface area contributed by atoms with Gasteiger partial charge < -0.3 is 4.90 Å². The normalized spacial score (nSPS) is 16.2. The Balaban J connectivity index is 2.33. The van der Waals surface area contributed by atoms with Gasteiger partial charge in [0.05, 0.1) is 13.1 Å². The third-order valence-corrected chi connectivity index (χ3v) is 2.94. The van der Waals surface area contributed by atoms with Crippen LogP contribution in [0.4, 0.5) is 5.69 Å². The molecule has 0 aromatic heterocycles. The van der Waals surface area contributed by atoms with E-state index in [4.69, 9.17) is 11.6 Å². The highest BCUT2D eigenvalue weighted by Crippen LogP contribution is 2.26. The topological polar surface area (TPSA) is 49.4 Å². The van der Waals surface area contributed by atoms with E-state index >= 15 is 0 Å². The molecule has 0 aliphatic carbocycles. The molecule has 1 aromatic rings. The van der Waals surface area contributed by atoms with Crippen LogP contribution in [0.5, 0.6) is 0 Å². The lowest BCUT2D eigenvalue weighted by atomic mass is 10.1. The number of nitrogens with one attached hydrogen (secondary N) is 1. The zero-order chi connectivity index (χ0) is 11.7. The Morgan fingerprint density at radius 2 is 1.88 bits per heavy atom. The molecule has 16 heavy (non-hydrogen) atoms. The van der Waals surface area contributed by atoms with Gasteiger partial charge in [-0.15, -0.1) is 0 Å². The van der Waals surface area contributed by atoms with E-state index in [1.807, 2.05) is 19.1 Å². The van der Waals surface area contributed by atoms with E-state index in [9.17, 15) is 9.59 Å². The number of imide groups is 1. The number of carbonyl (C=O) groups is 2. The molecule has 1 N–H and O–H groups in total. The lowest BCUT2D eigenvalue weighted by Gasteiger charge is -2.28. The molecule has 0 unspecified atom stereocenters. The van der Waals surface area contributed by atoms with Crippen LogP contribution in [-0.4, -0.2) is 24.9 Å². The average molecular weight is 239 g/mol. The molecule has 84 valence electrons. The Kier molecular flexibility index (Phi) is 2.83. The maximum Gasteiger partial charge on any atom is 0.246 e. The Hall–Kier alpha value is -1.55. The van der Waals surface area contributed by atoms with Crippen LogP contribution < -0.4 is 10.2 Å². The SMILES string of the molecule is Cc1c(Cl)cccc1N1CC(=O)NC(=O)C1. The Morgan fingerprint density at radius 1 is 1.25 bits per heavy atom. The van der Waals surface area contributed by atoms with Gasteiger partial charge in [-0.25, -0.2) is 0 Å². The van der Waals surface area contributed by atoms with Crippen molar-refractivity contribution in [2.45, 2.75) is 6.92 Å². The molecule has 0 bridgehead atoms. The van der Waals surface area contributed by atoms with E-state index < -0.39 is 0 Å². The number of piperazine rings is 1. The fraction of sp³-hybridized carbons (Fsp3) is 0.273. The van der Waals surface area contributed by atoms with E-state index in [1.54, 1.807) is 11.0 Å². The van der Waals surface area contributed by atoms with E-state index in [0.717, 1.165) is 11.3 Å². The van der Waals surface area contributed by atoms with E-state index in [2.05, 4.69) is 5.32 Å². The summed E-state index contributed by atoms with van der Waals surface area (Å²) in [5, 5.41) is 2.90. The Labute approximate surface area is 98.2 Å². The second-order valence-corrected chi connectivity index (χ2v) is 4.12. The highest BCUT2D eigenvalue weighted by atomic mass is 35.5. The first kappa shape index (κ1) is 11.0. The number of nitrogens with zero attached hydrogens (tertiary/aromatic N) is 1. The Bertz CT molecular complexity index is 443. The molecule has 1 aromatic carbocycles. The van der Waals surface area contributed by atoms with Crippen molar-refractivity contribution in [1.82, 2.24) is 5.32 Å². The van der Waals surface area contributed by atoms with Gasteiger partial charge in [-0.05, 0) is 24.6 Å². The second kappa shape index (κ2) is 4.14. The van der Waals surface area contributed by atoms with Crippen molar-refractivity contribution in [3.8, 4) is 0 Å². The first-order valence-corrected chi connectivity index (χ1v) is 5.28. The molecule has 1 heterocycles. The number of hydrogen-bond acceptors (Lipinski definition) is 3. The van der Waals surface area contributed by atoms with Gasteiger partial charge in [0.1, 0.15) is 0 Å². The van der Waals surface area contributed by atoms with E-state index in [-0.39, 0.29) is 24.9 Å². The molecule has 0 atom stereocenters. The third-order valence-electron chi connectivity index (χ3n) is 2.53. The summed E-state index contributed by atoms with van der Waals surface area (Å²) in [6, 6.07) is 5.45. The van der Waals surface area contributed by atoms with Crippen molar-refractivity contribution in [3.05, 3.63) is 28.8 Å². The van der Waals surface area contributed by atoms with Crippen molar-refractivity contribution >= 4 is 29.1 Å². The molecule has 0 spiro atoms. The number of benzene rings is 1. The summed E-state index contributed by atoms with van der Waals surface area (Å²) in [7, 11) is 0. The smallest absolute Gasteiger partial charge is 0.246 e. The van der Waals surface area contributed by atoms with Gasteiger partial charge in [-0.3, -0.25) is 14.9 Å². The van der Waals surface area contributed by atoms with Crippen LogP contribution in [-0.2, 0) is 9.59 Å². The largest absolute Gasteiger partial charge is 0.353 e. The average Bonchev–Trinajstić information content (AvgIpc) is 2.20. The van der Waals surface area contributed by atoms with Crippen LogP contribution >= 0.6 is 11.6 Å². The van der Waals surface area contributed by atoms with Crippen LogP contribution in [0, 0.1) is 6.92 Å². The second-order valence-electron chi connectivity index (χ2n) is 3.71. The van der Waals surface area contributed by atoms with Crippen LogP contribution in [0.15, 0.2) is 18.2 Å². The first-order chi connectivity index (χ1) is 7.58. The predicted octanol–water partition coefficient (Wildman–Crippen LogP) is 1.11. The van der Waals surface area contributed by atoms with E-state index in [0.29, 0.717) is 5.02 Å². The summed E-state index contributed by atoms with van der Waals surface area (Å²) in [6.45, 7) is 2.24. The van der Waals surface area contributed by atoms with Gasteiger partial charge in [0.15, 0.2) is 0 Å². The number of rotatable bonds is 1. The summed E-state index contributed by atoms with van der Waals surface area (Å²) in [6.07, 6.45) is 0. The lowest BCUT2D eigenvalue weighted by Crippen LogP contribution is -2.51. The molecule has 1 aliphatic rings. The standard InChI is InChI=1S/C11H11ClN2O2/c1-7-8(12)3-2-4-9(7)14-5-10(15)13-11(16)6-14/h2-4H,5-6H2,1H3,(H,13,15,16). The van der Waals surface area contributed by atoms with Crippen molar-refractivity contribution < 1.29 is 9.59 Å². The zero-order valence-electron chi connectivity index (χ0n) is 8.79. The van der Waals surface area contributed by atoms with Crippen molar-refractivity contribution in [1.29, 1.82) is 0 Å². The van der Waals surface area contributed by atoms with Crippen molar-refractivity contribution in [2.75, 3.05) is 18.0 Å². The molecule has 1 saturated heterocycles. The summed E-state index contributed by atoms with van der Waals surface area (Å²) >= 11 is 5.99.